The molecule has 0 spiro atoms. The molecule has 1 aliphatic rings. The zero-order valence-electron chi connectivity index (χ0n) is 16.6. The molecule has 1 N–H and O–H groups in total. The molecule has 2 aromatic heterocycles. The van der Waals surface area contributed by atoms with Gasteiger partial charge in [-0.25, -0.2) is 9.50 Å². The van der Waals surface area contributed by atoms with E-state index in [0.717, 1.165) is 43.0 Å². The monoisotopic (exact) mass is 377 g/mol. The van der Waals surface area contributed by atoms with Gasteiger partial charge in [-0.15, -0.1) is 0 Å². The van der Waals surface area contributed by atoms with E-state index in [9.17, 15) is 4.79 Å². The molecule has 0 aliphatic carbocycles. The Bertz CT molecular complexity index is 960. The molecule has 146 valence electrons. The number of carbonyl (C=O) groups excluding carboxylic acids is 1. The van der Waals surface area contributed by atoms with Gasteiger partial charge in [0.2, 0.25) is 0 Å². The van der Waals surface area contributed by atoms with Crippen molar-refractivity contribution >= 4 is 17.2 Å². The average Bonchev–Trinajstić information content (AvgIpc) is 3.36. The van der Waals surface area contributed by atoms with Crippen LogP contribution in [0.25, 0.3) is 5.52 Å². The molecule has 0 saturated carbocycles. The number of hydrogen-bond acceptors (Lipinski definition) is 4. The predicted molar refractivity (Wildman–Crippen MR) is 111 cm³/mol. The van der Waals surface area contributed by atoms with Crippen LogP contribution in [0.2, 0.25) is 0 Å². The van der Waals surface area contributed by atoms with Gasteiger partial charge in [-0.2, -0.15) is 5.10 Å². The standard InChI is InChI=1S/C22H27N5O/c1-16(10-11-18-8-4-3-5-9-18)24-22(28)19-14-20-21(26-12-6-7-13-26)23-17(2)15-27(20)25-19/h3-5,8-9,14-16H,6-7,10-13H2,1-2H3,(H,24,28). The average molecular weight is 377 g/mol. The zero-order chi connectivity index (χ0) is 19.5. The van der Waals surface area contributed by atoms with E-state index in [0.29, 0.717) is 5.69 Å². The largest absolute Gasteiger partial charge is 0.355 e. The molecule has 6 heteroatoms. The number of aryl methyl sites for hydroxylation is 2. The fourth-order valence-corrected chi connectivity index (χ4v) is 3.76. The summed E-state index contributed by atoms with van der Waals surface area (Å²) in [5.74, 6) is 0.801. The Kier molecular flexibility index (Phi) is 5.28. The minimum Gasteiger partial charge on any atom is -0.355 e. The fraction of sp³-hybridized carbons (Fsp3) is 0.409. The molecule has 3 heterocycles. The van der Waals surface area contributed by atoms with Gasteiger partial charge in [-0.05, 0) is 45.1 Å². The first-order chi connectivity index (χ1) is 13.6. The molecule has 1 unspecified atom stereocenters. The lowest BCUT2D eigenvalue weighted by atomic mass is 10.1. The molecular weight excluding hydrogens is 350 g/mol. The maximum absolute atomic E-state index is 12.7. The Hall–Kier alpha value is -2.89. The molecule has 1 aliphatic heterocycles. The van der Waals surface area contributed by atoms with Gasteiger partial charge in [0, 0.05) is 25.2 Å². The van der Waals surface area contributed by atoms with Crippen molar-refractivity contribution in [2.45, 2.75) is 45.6 Å². The highest BCUT2D eigenvalue weighted by molar-refractivity contribution is 5.94. The summed E-state index contributed by atoms with van der Waals surface area (Å²) in [4.78, 5) is 19.7. The third-order valence-electron chi connectivity index (χ3n) is 5.28. The highest BCUT2D eigenvalue weighted by Gasteiger charge is 2.21. The Morgan fingerprint density at radius 3 is 2.71 bits per heavy atom. The number of nitrogens with one attached hydrogen (secondary N) is 1. The summed E-state index contributed by atoms with van der Waals surface area (Å²) in [7, 11) is 0. The van der Waals surface area contributed by atoms with Crippen LogP contribution < -0.4 is 10.2 Å². The second kappa shape index (κ2) is 8.00. The molecule has 3 aromatic rings. The first-order valence-electron chi connectivity index (χ1n) is 10.1. The summed E-state index contributed by atoms with van der Waals surface area (Å²) >= 11 is 0. The number of fused-ring (bicyclic) bond motifs is 1. The minimum absolute atomic E-state index is 0.0791. The van der Waals surface area contributed by atoms with E-state index < -0.39 is 0 Å². The van der Waals surface area contributed by atoms with Crippen molar-refractivity contribution in [3.8, 4) is 0 Å². The molecular formula is C22H27N5O. The van der Waals surface area contributed by atoms with E-state index in [1.54, 1.807) is 4.52 Å². The van der Waals surface area contributed by atoms with E-state index >= 15 is 0 Å². The number of carbonyl (C=O) groups is 1. The molecule has 4 rings (SSSR count). The summed E-state index contributed by atoms with van der Waals surface area (Å²) in [6, 6.07) is 12.3. The number of hydrogen-bond donors (Lipinski definition) is 1. The minimum atomic E-state index is -0.130. The Morgan fingerprint density at radius 2 is 1.96 bits per heavy atom. The number of anilines is 1. The third-order valence-corrected chi connectivity index (χ3v) is 5.28. The van der Waals surface area contributed by atoms with Crippen LogP contribution in [0.15, 0.2) is 42.6 Å². The van der Waals surface area contributed by atoms with E-state index in [1.165, 1.54) is 18.4 Å². The van der Waals surface area contributed by atoms with Crippen molar-refractivity contribution in [2.24, 2.45) is 0 Å². The SMILES string of the molecule is Cc1cn2nc(C(=O)NC(C)CCc3ccccc3)cc2c(N2CCCC2)n1. The molecule has 1 atom stereocenters. The highest BCUT2D eigenvalue weighted by Crippen LogP contribution is 2.24. The smallest absolute Gasteiger partial charge is 0.272 e. The maximum atomic E-state index is 12.7. The second-order valence-electron chi connectivity index (χ2n) is 7.66. The third kappa shape index (κ3) is 4.01. The highest BCUT2D eigenvalue weighted by atomic mass is 16.2. The molecule has 1 fully saturated rings. The van der Waals surface area contributed by atoms with Crippen molar-refractivity contribution in [3.05, 3.63) is 59.5 Å². The van der Waals surface area contributed by atoms with E-state index in [1.807, 2.05) is 44.3 Å². The second-order valence-corrected chi connectivity index (χ2v) is 7.66. The van der Waals surface area contributed by atoms with Gasteiger partial charge in [-0.3, -0.25) is 4.79 Å². The van der Waals surface area contributed by atoms with Crippen LogP contribution in [0.4, 0.5) is 5.82 Å². The quantitative estimate of drug-likeness (QED) is 0.715. The van der Waals surface area contributed by atoms with Gasteiger partial charge in [0.15, 0.2) is 11.5 Å². The van der Waals surface area contributed by atoms with Gasteiger partial charge in [0.05, 0.1) is 11.9 Å². The van der Waals surface area contributed by atoms with Crippen molar-refractivity contribution in [1.82, 2.24) is 19.9 Å². The molecule has 1 amide bonds. The summed E-state index contributed by atoms with van der Waals surface area (Å²) in [6.45, 7) is 6.02. The molecule has 0 radical (unpaired) electrons. The van der Waals surface area contributed by atoms with Gasteiger partial charge in [-0.1, -0.05) is 30.3 Å². The van der Waals surface area contributed by atoms with Crippen molar-refractivity contribution in [1.29, 1.82) is 0 Å². The van der Waals surface area contributed by atoms with Gasteiger partial charge in [0.25, 0.3) is 5.91 Å². The number of aromatic nitrogens is 3. The predicted octanol–water partition coefficient (Wildman–Crippen LogP) is 3.39. The first kappa shape index (κ1) is 18.5. The summed E-state index contributed by atoms with van der Waals surface area (Å²) in [5.41, 5.74) is 3.53. The lowest BCUT2D eigenvalue weighted by molar-refractivity contribution is 0.0933. The Labute approximate surface area is 165 Å². The van der Waals surface area contributed by atoms with E-state index in [2.05, 4.69) is 27.4 Å². The Morgan fingerprint density at radius 1 is 1.21 bits per heavy atom. The molecule has 28 heavy (non-hydrogen) atoms. The molecule has 1 aromatic carbocycles. The number of benzene rings is 1. The van der Waals surface area contributed by atoms with Crippen molar-refractivity contribution in [3.63, 3.8) is 0 Å². The number of nitrogens with zero attached hydrogens (tertiary/aromatic N) is 4. The summed E-state index contributed by atoms with van der Waals surface area (Å²) < 4.78 is 1.79. The molecule has 6 nitrogen and oxygen atoms in total. The van der Waals surface area contributed by atoms with E-state index in [-0.39, 0.29) is 11.9 Å². The number of rotatable bonds is 6. The summed E-state index contributed by atoms with van der Waals surface area (Å²) in [6.07, 6.45) is 6.08. The number of amides is 1. The van der Waals surface area contributed by atoms with Crippen LogP contribution in [0, 0.1) is 6.92 Å². The van der Waals surface area contributed by atoms with E-state index in [4.69, 9.17) is 4.98 Å². The normalized spacial score (nSPS) is 15.1. The van der Waals surface area contributed by atoms with Gasteiger partial charge in [0.1, 0.15) is 5.52 Å². The zero-order valence-corrected chi connectivity index (χ0v) is 16.6. The summed E-state index contributed by atoms with van der Waals surface area (Å²) in [5, 5.41) is 7.60. The van der Waals surface area contributed by atoms with Crippen molar-refractivity contribution < 1.29 is 4.79 Å². The first-order valence-corrected chi connectivity index (χ1v) is 10.1. The van der Waals surface area contributed by atoms with Gasteiger partial charge < -0.3 is 10.2 Å². The Balaban J connectivity index is 1.47. The topological polar surface area (TPSA) is 62.5 Å². The van der Waals surface area contributed by atoms with Crippen molar-refractivity contribution in [2.75, 3.05) is 18.0 Å². The fourth-order valence-electron chi connectivity index (χ4n) is 3.76. The van der Waals surface area contributed by atoms with Crippen LogP contribution in [0.3, 0.4) is 0 Å². The van der Waals surface area contributed by atoms with Crippen LogP contribution in [0.1, 0.15) is 47.9 Å². The van der Waals surface area contributed by atoms with Crippen LogP contribution in [-0.2, 0) is 6.42 Å². The van der Waals surface area contributed by atoms with Gasteiger partial charge >= 0.3 is 0 Å². The lowest BCUT2D eigenvalue weighted by Crippen LogP contribution is -2.33. The van der Waals surface area contributed by atoms with Crippen LogP contribution in [-0.4, -0.2) is 39.6 Å². The molecule has 0 bridgehead atoms. The lowest BCUT2D eigenvalue weighted by Gasteiger charge is -2.17. The maximum Gasteiger partial charge on any atom is 0.272 e. The van der Waals surface area contributed by atoms with Crippen LogP contribution >= 0.6 is 0 Å². The van der Waals surface area contributed by atoms with Crippen LogP contribution in [0.5, 0.6) is 0 Å². The molecule has 1 saturated heterocycles.